The van der Waals surface area contributed by atoms with Crippen LogP contribution in [-0.4, -0.2) is 38.4 Å². The van der Waals surface area contributed by atoms with Gasteiger partial charge in [-0.25, -0.2) is 13.1 Å². The van der Waals surface area contributed by atoms with Gasteiger partial charge in [-0.3, -0.25) is 9.69 Å². The van der Waals surface area contributed by atoms with Crippen molar-refractivity contribution in [3.8, 4) is 0 Å². The standard InChI is InChI=1S/C22H28ClN3O3S/c1-3-26(4-2)15-18-8-6-5-7-17(18)14-24-22(27)16-9-12-20(23)21(13-16)30(28,29)25-19-10-11-19/h5-9,12-13,19,25H,3-4,10-11,14-15H2,1-2H3,(H,24,27). The minimum atomic E-state index is -3.74. The largest absolute Gasteiger partial charge is 0.348 e. The Balaban J connectivity index is 1.72. The molecule has 0 atom stereocenters. The Hall–Kier alpha value is -1.93. The van der Waals surface area contributed by atoms with E-state index in [1.165, 1.54) is 18.2 Å². The summed E-state index contributed by atoms with van der Waals surface area (Å²) in [4.78, 5) is 15.0. The summed E-state index contributed by atoms with van der Waals surface area (Å²) >= 11 is 6.10. The predicted molar refractivity (Wildman–Crippen MR) is 119 cm³/mol. The highest BCUT2D eigenvalue weighted by molar-refractivity contribution is 7.89. The van der Waals surface area contributed by atoms with Gasteiger partial charge < -0.3 is 5.32 Å². The van der Waals surface area contributed by atoms with Crippen LogP contribution in [0.1, 0.15) is 48.2 Å². The number of sulfonamides is 1. The number of nitrogens with zero attached hydrogens (tertiary/aromatic N) is 1. The Kier molecular flexibility index (Phi) is 7.52. The summed E-state index contributed by atoms with van der Waals surface area (Å²) < 4.78 is 27.7. The molecule has 3 rings (SSSR count). The third-order valence-electron chi connectivity index (χ3n) is 5.23. The molecule has 1 aliphatic rings. The third kappa shape index (κ3) is 5.82. The number of carbonyl (C=O) groups is 1. The van der Waals surface area contributed by atoms with Crippen molar-refractivity contribution in [2.75, 3.05) is 13.1 Å². The van der Waals surface area contributed by atoms with E-state index in [0.29, 0.717) is 6.54 Å². The molecule has 0 radical (unpaired) electrons. The quantitative estimate of drug-likeness (QED) is 0.581. The number of hydrogen-bond acceptors (Lipinski definition) is 4. The molecule has 0 spiro atoms. The number of nitrogens with one attached hydrogen (secondary N) is 2. The zero-order valence-corrected chi connectivity index (χ0v) is 18.9. The summed E-state index contributed by atoms with van der Waals surface area (Å²) in [6, 6.07) is 12.3. The van der Waals surface area contributed by atoms with Crippen LogP contribution >= 0.6 is 11.6 Å². The maximum atomic E-state index is 12.7. The van der Waals surface area contributed by atoms with E-state index in [1.807, 2.05) is 18.2 Å². The maximum absolute atomic E-state index is 12.7. The van der Waals surface area contributed by atoms with Crippen LogP contribution in [0, 0.1) is 0 Å². The summed E-state index contributed by atoms with van der Waals surface area (Å²) in [6.07, 6.45) is 1.65. The molecule has 0 aromatic heterocycles. The maximum Gasteiger partial charge on any atom is 0.251 e. The average Bonchev–Trinajstić information content (AvgIpc) is 3.54. The summed E-state index contributed by atoms with van der Waals surface area (Å²) in [5.74, 6) is -0.341. The summed E-state index contributed by atoms with van der Waals surface area (Å²) in [7, 11) is -3.74. The summed E-state index contributed by atoms with van der Waals surface area (Å²) in [5, 5.41) is 3.00. The van der Waals surface area contributed by atoms with Gasteiger partial charge in [0.2, 0.25) is 10.0 Å². The minimum absolute atomic E-state index is 0.0362. The van der Waals surface area contributed by atoms with Crippen LogP contribution in [0.5, 0.6) is 0 Å². The van der Waals surface area contributed by atoms with Crippen molar-refractivity contribution < 1.29 is 13.2 Å². The molecule has 0 aliphatic heterocycles. The second-order valence-electron chi connectivity index (χ2n) is 7.45. The molecule has 162 valence electrons. The zero-order chi connectivity index (χ0) is 21.7. The lowest BCUT2D eigenvalue weighted by molar-refractivity contribution is 0.0950. The van der Waals surface area contributed by atoms with Crippen molar-refractivity contribution >= 4 is 27.5 Å². The Bertz CT molecular complexity index is 1000. The molecule has 0 heterocycles. The smallest absolute Gasteiger partial charge is 0.251 e. The van der Waals surface area contributed by atoms with Crippen molar-refractivity contribution in [2.45, 2.75) is 50.7 Å². The van der Waals surface area contributed by atoms with Crippen molar-refractivity contribution in [1.29, 1.82) is 0 Å². The van der Waals surface area contributed by atoms with Crippen molar-refractivity contribution in [3.05, 3.63) is 64.2 Å². The van der Waals surface area contributed by atoms with E-state index in [1.54, 1.807) is 0 Å². The van der Waals surface area contributed by atoms with Crippen LogP contribution in [0.2, 0.25) is 5.02 Å². The van der Waals surface area contributed by atoms with E-state index in [-0.39, 0.29) is 27.4 Å². The van der Waals surface area contributed by atoms with Gasteiger partial charge in [-0.15, -0.1) is 0 Å². The van der Waals surface area contributed by atoms with Gasteiger partial charge in [-0.2, -0.15) is 0 Å². The van der Waals surface area contributed by atoms with E-state index in [0.717, 1.165) is 43.6 Å². The molecule has 2 aromatic rings. The fraction of sp³-hybridized carbons (Fsp3) is 0.409. The monoisotopic (exact) mass is 449 g/mol. The fourth-order valence-corrected chi connectivity index (χ4v) is 5.02. The van der Waals surface area contributed by atoms with Crippen molar-refractivity contribution in [3.63, 3.8) is 0 Å². The first-order valence-electron chi connectivity index (χ1n) is 10.2. The SMILES string of the molecule is CCN(CC)Cc1ccccc1CNC(=O)c1ccc(Cl)c(S(=O)(=O)NC2CC2)c1. The van der Waals surface area contributed by atoms with Crippen LogP contribution in [0.25, 0.3) is 0 Å². The number of amides is 1. The molecule has 2 aromatic carbocycles. The van der Waals surface area contributed by atoms with Gasteiger partial charge in [-0.1, -0.05) is 49.7 Å². The van der Waals surface area contributed by atoms with E-state index < -0.39 is 10.0 Å². The van der Waals surface area contributed by atoms with Crippen LogP contribution < -0.4 is 10.0 Å². The number of hydrogen-bond donors (Lipinski definition) is 2. The molecule has 1 amide bonds. The molecule has 2 N–H and O–H groups in total. The Morgan fingerprint density at radius 2 is 1.77 bits per heavy atom. The van der Waals surface area contributed by atoms with Gasteiger partial charge in [-0.05, 0) is 55.3 Å². The van der Waals surface area contributed by atoms with Crippen molar-refractivity contribution in [2.24, 2.45) is 0 Å². The van der Waals surface area contributed by atoms with Gasteiger partial charge in [0.25, 0.3) is 5.91 Å². The van der Waals surface area contributed by atoms with E-state index >= 15 is 0 Å². The molecule has 1 aliphatic carbocycles. The normalized spacial score (nSPS) is 14.1. The van der Waals surface area contributed by atoms with Gasteiger partial charge >= 0.3 is 0 Å². The lowest BCUT2D eigenvalue weighted by Gasteiger charge is -2.20. The van der Waals surface area contributed by atoms with Crippen LogP contribution in [-0.2, 0) is 23.1 Å². The average molecular weight is 450 g/mol. The van der Waals surface area contributed by atoms with E-state index in [2.05, 4.69) is 34.9 Å². The highest BCUT2D eigenvalue weighted by atomic mass is 35.5. The predicted octanol–water partition coefficient (Wildman–Crippen LogP) is 3.55. The molecule has 0 unspecified atom stereocenters. The molecule has 6 nitrogen and oxygen atoms in total. The summed E-state index contributed by atoms with van der Waals surface area (Å²) in [5.41, 5.74) is 2.46. The van der Waals surface area contributed by atoms with Crippen LogP contribution in [0.15, 0.2) is 47.4 Å². The van der Waals surface area contributed by atoms with Crippen molar-refractivity contribution in [1.82, 2.24) is 14.9 Å². The fourth-order valence-electron chi connectivity index (χ4n) is 3.18. The second kappa shape index (κ2) is 9.92. The Labute approximate surface area is 183 Å². The molecule has 1 fully saturated rings. The van der Waals surface area contributed by atoms with E-state index in [9.17, 15) is 13.2 Å². The molecule has 0 bridgehead atoms. The molecular weight excluding hydrogens is 422 g/mol. The van der Waals surface area contributed by atoms with E-state index in [4.69, 9.17) is 11.6 Å². The molecular formula is C22H28ClN3O3S. The molecule has 8 heteroatoms. The highest BCUT2D eigenvalue weighted by Crippen LogP contribution is 2.27. The molecule has 0 saturated heterocycles. The lowest BCUT2D eigenvalue weighted by Crippen LogP contribution is -2.28. The molecule has 30 heavy (non-hydrogen) atoms. The first kappa shape index (κ1) is 22.7. The summed E-state index contributed by atoms with van der Waals surface area (Å²) in [6.45, 7) is 7.33. The van der Waals surface area contributed by atoms with Crippen LogP contribution in [0.4, 0.5) is 0 Å². The second-order valence-corrected chi connectivity index (χ2v) is 9.54. The van der Waals surface area contributed by atoms with Gasteiger partial charge in [0.05, 0.1) is 5.02 Å². The van der Waals surface area contributed by atoms with Gasteiger partial charge in [0.1, 0.15) is 4.90 Å². The first-order valence-corrected chi connectivity index (χ1v) is 12.1. The number of carbonyl (C=O) groups excluding carboxylic acids is 1. The topological polar surface area (TPSA) is 78.5 Å². The number of halogens is 1. The molecule has 1 saturated carbocycles. The Morgan fingerprint density at radius 1 is 1.10 bits per heavy atom. The number of benzene rings is 2. The lowest BCUT2D eigenvalue weighted by atomic mass is 10.1. The highest BCUT2D eigenvalue weighted by Gasteiger charge is 2.29. The van der Waals surface area contributed by atoms with Gasteiger partial charge in [0.15, 0.2) is 0 Å². The Morgan fingerprint density at radius 3 is 2.40 bits per heavy atom. The minimum Gasteiger partial charge on any atom is -0.348 e. The van der Waals surface area contributed by atoms with Gasteiger partial charge in [0, 0.05) is 24.7 Å². The van der Waals surface area contributed by atoms with Crippen LogP contribution in [0.3, 0.4) is 0 Å². The zero-order valence-electron chi connectivity index (χ0n) is 17.3. The third-order valence-corrected chi connectivity index (χ3v) is 7.23. The number of rotatable bonds is 10. The first-order chi connectivity index (χ1) is 14.3.